The van der Waals surface area contributed by atoms with Gasteiger partial charge in [-0.1, -0.05) is 5.16 Å². The van der Waals surface area contributed by atoms with E-state index in [1.807, 2.05) is 0 Å². The molecule has 11 heavy (non-hydrogen) atoms. The van der Waals surface area contributed by atoms with E-state index in [9.17, 15) is 4.79 Å². The molecule has 1 atom stereocenters. The summed E-state index contributed by atoms with van der Waals surface area (Å²) in [6.45, 7) is -0.189. The second-order valence-electron chi connectivity index (χ2n) is 2.29. The molecule has 1 rings (SSSR count). The fourth-order valence-corrected chi connectivity index (χ4v) is 0.863. The van der Waals surface area contributed by atoms with Gasteiger partial charge in [-0.05, 0) is 0 Å². The number of oxime groups is 1. The third-order valence-electron chi connectivity index (χ3n) is 1.52. The first-order valence-electron chi connectivity index (χ1n) is 3.24. The Morgan fingerprint density at radius 1 is 1.73 bits per heavy atom. The predicted octanol–water partition coefficient (Wildman–Crippen LogP) is -0.833. The first kappa shape index (κ1) is 8.16. The molecule has 0 spiro atoms. The van der Waals surface area contributed by atoms with Crippen LogP contribution in [-0.2, 0) is 9.53 Å². The van der Waals surface area contributed by atoms with Gasteiger partial charge in [-0.25, -0.2) is 0 Å². The van der Waals surface area contributed by atoms with Crippen molar-refractivity contribution < 1.29 is 19.8 Å². The Hall–Kier alpha value is -0.940. The summed E-state index contributed by atoms with van der Waals surface area (Å²) in [5.41, 5.74) is 0.0229. The fourth-order valence-electron chi connectivity index (χ4n) is 0.863. The fraction of sp³-hybridized carbons (Fsp3) is 0.667. The van der Waals surface area contributed by atoms with Crippen LogP contribution in [0.3, 0.4) is 0 Å². The second kappa shape index (κ2) is 3.45. The van der Waals surface area contributed by atoms with Crippen LogP contribution in [0.2, 0.25) is 0 Å². The van der Waals surface area contributed by atoms with E-state index < -0.39 is 6.10 Å². The molecule has 0 unspecified atom stereocenters. The minimum atomic E-state index is -0.437. The van der Waals surface area contributed by atoms with Crippen molar-refractivity contribution in [3.05, 3.63) is 0 Å². The smallest absolute Gasteiger partial charge is 0.185 e. The number of rotatable bonds is 1. The Bertz CT molecular complexity index is 189. The van der Waals surface area contributed by atoms with E-state index in [2.05, 4.69) is 5.16 Å². The van der Waals surface area contributed by atoms with E-state index in [4.69, 9.17) is 15.1 Å². The van der Waals surface area contributed by atoms with Gasteiger partial charge in [0.25, 0.3) is 0 Å². The third-order valence-corrected chi connectivity index (χ3v) is 1.52. The van der Waals surface area contributed by atoms with Crippen LogP contribution in [0.25, 0.3) is 0 Å². The van der Waals surface area contributed by atoms with Crippen LogP contribution in [0.1, 0.15) is 6.42 Å². The zero-order valence-electron chi connectivity index (χ0n) is 5.86. The van der Waals surface area contributed by atoms with E-state index in [1.54, 1.807) is 0 Å². The van der Waals surface area contributed by atoms with Crippen LogP contribution in [0.4, 0.5) is 0 Å². The molecule has 1 saturated heterocycles. The van der Waals surface area contributed by atoms with Gasteiger partial charge >= 0.3 is 0 Å². The predicted molar refractivity (Wildman–Crippen MR) is 35.7 cm³/mol. The van der Waals surface area contributed by atoms with Crippen molar-refractivity contribution in [2.75, 3.05) is 13.2 Å². The Balaban J connectivity index is 2.55. The van der Waals surface area contributed by atoms with Gasteiger partial charge in [-0.3, -0.25) is 4.79 Å². The Morgan fingerprint density at radius 3 is 2.91 bits per heavy atom. The summed E-state index contributed by atoms with van der Waals surface area (Å²) < 4.78 is 4.94. The molecule has 0 saturated carbocycles. The van der Waals surface area contributed by atoms with Gasteiger partial charge in [0.1, 0.15) is 5.71 Å². The van der Waals surface area contributed by atoms with Gasteiger partial charge in [-0.2, -0.15) is 0 Å². The molecule has 0 aromatic rings. The molecule has 0 aromatic carbocycles. The van der Waals surface area contributed by atoms with E-state index in [-0.39, 0.29) is 31.1 Å². The maximum absolute atomic E-state index is 10.9. The quantitative estimate of drug-likeness (QED) is 0.386. The molecule has 0 bridgehead atoms. The zero-order chi connectivity index (χ0) is 8.27. The van der Waals surface area contributed by atoms with E-state index in [1.165, 1.54) is 0 Å². The molecule has 2 N–H and O–H groups in total. The van der Waals surface area contributed by atoms with Crippen molar-refractivity contribution in [1.29, 1.82) is 0 Å². The number of hydrogen-bond donors (Lipinski definition) is 2. The number of Topliss-reactive ketones (excluding diaryl/α,β-unsaturated/α-hetero) is 1. The maximum Gasteiger partial charge on any atom is 0.185 e. The summed E-state index contributed by atoms with van der Waals surface area (Å²) in [6, 6.07) is 0. The molecule has 0 aliphatic carbocycles. The molecule has 1 aliphatic heterocycles. The van der Waals surface area contributed by atoms with Gasteiger partial charge in [-0.15, -0.1) is 0 Å². The SMILES string of the molecule is O=C1C[C@@H](CO)OC/C1=N\O. The summed E-state index contributed by atoms with van der Waals surface area (Å²) >= 11 is 0. The van der Waals surface area contributed by atoms with Crippen LogP contribution in [-0.4, -0.2) is 41.1 Å². The first-order valence-corrected chi connectivity index (χ1v) is 3.24. The van der Waals surface area contributed by atoms with Crippen molar-refractivity contribution in [1.82, 2.24) is 0 Å². The van der Waals surface area contributed by atoms with Gasteiger partial charge in [0.2, 0.25) is 0 Å². The molecule has 5 heteroatoms. The Labute approximate surface area is 63.3 Å². The molecule has 1 heterocycles. The van der Waals surface area contributed by atoms with Crippen molar-refractivity contribution in [3.8, 4) is 0 Å². The maximum atomic E-state index is 10.9. The number of aliphatic hydroxyl groups is 1. The number of nitrogens with zero attached hydrogens (tertiary/aromatic N) is 1. The molecular formula is C6H9NO4. The molecule has 1 fully saturated rings. The molecule has 1 aliphatic rings. The second-order valence-corrected chi connectivity index (χ2v) is 2.29. The zero-order valence-corrected chi connectivity index (χ0v) is 5.86. The lowest BCUT2D eigenvalue weighted by Gasteiger charge is -2.19. The Morgan fingerprint density at radius 2 is 2.45 bits per heavy atom. The highest BCUT2D eigenvalue weighted by Crippen LogP contribution is 2.06. The summed E-state index contributed by atoms with van der Waals surface area (Å²) in [4.78, 5) is 10.9. The average Bonchev–Trinajstić information content (AvgIpc) is 2.04. The molecule has 0 radical (unpaired) electrons. The topological polar surface area (TPSA) is 79.1 Å². The molecule has 5 nitrogen and oxygen atoms in total. The normalized spacial score (nSPS) is 29.4. The number of hydrogen-bond acceptors (Lipinski definition) is 5. The van der Waals surface area contributed by atoms with Crippen molar-refractivity contribution in [2.45, 2.75) is 12.5 Å². The summed E-state index contributed by atoms with van der Waals surface area (Å²) in [5.74, 6) is -0.266. The summed E-state index contributed by atoms with van der Waals surface area (Å²) in [7, 11) is 0. The first-order chi connectivity index (χ1) is 5.27. The van der Waals surface area contributed by atoms with Crippen LogP contribution in [0.5, 0.6) is 0 Å². The number of ketones is 1. The van der Waals surface area contributed by atoms with Crippen LogP contribution >= 0.6 is 0 Å². The third kappa shape index (κ3) is 1.75. The highest BCUT2D eigenvalue weighted by Gasteiger charge is 2.25. The van der Waals surface area contributed by atoms with Crippen LogP contribution < -0.4 is 0 Å². The monoisotopic (exact) mass is 159 g/mol. The summed E-state index contributed by atoms with van der Waals surface area (Å²) in [6.07, 6.45) is -0.344. The van der Waals surface area contributed by atoms with Gasteiger partial charge < -0.3 is 15.1 Å². The largest absolute Gasteiger partial charge is 0.410 e. The standard InChI is InChI=1S/C6H9NO4/c8-2-4-1-6(9)5(7-10)3-11-4/h4,8,10H,1-3H2/b7-5+/t4-/m0/s1. The minimum Gasteiger partial charge on any atom is -0.410 e. The number of ether oxygens (including phenoxy) is 1. The van der Waals surface area contributed by atoms with E-state index in [0.717, 1.165) is 0 Å². The van der Waals surface area contributed by atoms with Crippen LogP contribution in [0.15, 0.2) is 5.16 Å². The Kier molecular flexibility index (Phi) is 2.56. The number of carbonyl (C=O) groups is 1. The average molecular weight is 159 g/mol. The molecule has 0 aromatic heterocycles. The van der Waals surface area contributed by atoms with Gasteiger partial charge in [0, 0.05) is 6.42 Å². The molecule has 62 valence electrons. The minimum absolute atomic E-state index is 0.0133. The number of carbonyl (C=O) groups excluding carboxylic acids is 1. The van der Waals surface area contributed by atoms with Crippen LogP contribution in [0, 0.1) is 0 Å². The van der Waals surface area contributed by atoms with Crippen molar-refractivity contribution in [3.63, 3.8) is 0 Å². The summed E-state index contributed by atoms with van der Waals surface area (Å²) in [5, 5.41) is 19.6. The van der Waals surface area contributed by atoms with E-state index in [0.29, 0.717) is 0 Å². The molecule has 0 amide bonds. The van der Waals surface area contributed by atoms with Crippen molar-refractivity contribution >= 4 is 11.5 Å². The lowest BCUT2D eigenvalue weighted by atomic mass is 10.1. The van der Waals surface area contributed by atoms with Crippen molar-refractivity contribution in [2.24, 2.45) is 5.16 Å². The highest BCUT2D eigenvalue weighted by molar-refractivity contribution is 6.40. The van der Waals surface area contributed by atoms with Gasteiger partial charge in [0.05, 0.1) is 19.3 Å². The van der Waals surface area contributed by atoms with Gasteiger partial charge in [0.15, 0.2) is 5.78 Å². The van der Waals surface area contributed by atoms with E-state index >= 15 is 0 Å². The molecular weight excluding hydrogens is 150 g/mol. The highest BCUT2D eigenvalue weighted by atomic mass is 16.5. The number of aliphatic hydroxyl groups excluding tert-OH is 1. The lowest BCUT2D eigenvalue weighted by molar-refractivity contribution is -0.119. The lowest BCUT2D eigenvalue weighted by Crippen LogP contribution is -2.36.